The summed E-state index contributed by atoms with van der Waals surface area (Å²) in [6.07, 6.45) is 3.08. The SMILES string of the molecule is CCc1cc(OC)c(C2(C(=O)O)CCC2)cc1OC. The molecule has 0 aromatic heterocycles. The highest BCUT2D eigenvalue weighted by molar-refractivity contribution is 5.84. The van der Waals surface area contributed by atoms with Crippen LogP contribution in [0.4, 0.5) is 0 Å². The molecule has 1 aromatic carbocycles. The van der Waals surface area contributed by atoms with Crippen LogP contribution < -0.4 is 9.47 Å². The third-order valence-electron chi connectivity index (χ3n) is 4.12. The summed E-state index contributed by atoms with van der Waals surface area (Å²) in [6.45, 7) is 2.03. The fourth-order valence-electron chi connectivity index (χ4n) is 2.74. The molecule has 0 atom stereocenters. The average Bonchev–Trinajstić information content (AvgIpc) is 2.36. The fourth-order valence-corrected chi connectivity index (χ4v) is 2.74. The van der Waals surface area contributed by atoms with Gasteiger partial charge in [0, 0.05) is 5.56 Å². The van der Waals surface area contributed by atoms with Crippen LogP contribution in [0.15, 0.2) is 12.1 Å². The van der Waals surface area contributed by atoms with Crippen molar-refractivity contribution in [2.45, 2.75) is 38.0 Å². The van der Waals surface area contributed by atoms with Gasteiger partial charge < -0.3 is 14.6 Å². The average molecular weight is 264 g/mol. The molecule has 0 bridgehead atoms. The predicted octanol–water partition coefficient (Wildman–Crippen LogP) is 2.77. The minimum Gasteiger partial charge on any atom is -0.496 e. The van der Waals surface area contributed by atoms with Gasteiger partial charge >= 0.3 is 5.97 Å². The molecule has 0 saturated heterocycles. The molecule has 1 aromatic rings. The predicted molar refractivity (Wildman–Crippen MR) is 72.1 cm³/mol. The molecule has 0 aliphatic heterocycles. The maximum Gasteiger partial charge on any atom is 0.314 e. The zero-order chi connectivity index (χ0) is 14.0. The summed E-state index contributed by atoms with van der Waals surface area (Å²) in [5, 5.41) is 9.55. The Bertz CT molecular complexity index is 489. The molecule has 1 fully saturated rings. The van der Waals surface area contributed by atoms with E-state index in [0.717, 1.165) is 29.7 Å². The Hall–Kier alpha value is -1.71. The van der Waals surface area contributed by atoms with Crippen LogP contribution in [0.5, 0.6) is 11.5 Å². The summed E-state index contributed by atoms with van der Waals surface area (Å²) in [7, 11) is 3.19. The molecule has 19 heavy (non-hydrogen) atoms. The zero-order valence-electron chi connectivity index (χ0n) is 11.7. The smallest absolute Gasteiger partial charge is 0.314 e. The summed E-state index contributed by atoms with van der Waals surface area (Å²) >= 11 is 0. The Morgan fingerprint density at radius 1 is 1.26 bits per heavy atom. The van der Waals surface area contributed by atoms with Crippen molar-refractivity contribution in [2.24, 2.45) is 0 Å². The minimum atomic E-state index is -0.801. The van der Waals surface area contributed by atoms with Crippen molar-refractivity contribution in [3.05, 3.63) is 23.3 Å². The first-order valence-corrected chi connectivity index (χ1v) is 6.57. The number of hydrogen-bond donors (Lipinski definition) is 1. The lowest BCUT2D eigenvalue weighted by atomic mass is 9.64. The molecule has 0 heterocycles. The van der Waals surface area contributed by atoms with Gasteiger partial charge in [0.2, 0.25) is 0 Å². The molecule has 0 spiro atoms. The summed E-state index contributed by atoms with van der Waals surface area (Å²) in [5.74, 6) is 0.619. The van der Waals surface area contributed by atoms with Gasteiger partial charge in [-0.05, 0) is 37.0 Å². The highest BCUT2D eigenvalue weighted by Gasteiger charge is 2.48. The van der Waals surface area contributed by atoms with Gasteiger partial charge in [-0.2, -0.15) is 0 Å². The van der Waals surface area contributed by atoms with Gasteiger partial charge in [0.05, 0.1) is 19.6 Å². The monoisotopic (exact) mass is 264 g/mol. The van der Waals surface area contributed by atoms with Crippen LogP contribution in [-0.4, -0.2) is 25.3 Å². The number of aryl methyl sites for hydroxylation is 1. The van der Waals surface area contributed by atoms with Gasteiger partial charge in [-0.15, -0.1) is 0 Å². The quantitative estimate of drug-likeness (QED) is 0.888. The van der Waals surface area contributed by atoms with Crippen molar-refractivity contribution < 1.29 is 19.4 Å². The highest BCUT2D eigenvalue weighted by Crippen LogP contribution is 2.49. The molecule has 0 radical (unpaired) electrons. The first-order chi connectivity index (χ1) is 9.08. The number of hydrogen-bond acceptors (Lipinski definition) is 3. The summed E-state index contributed by atoms with van der Waals surface area (Å²) < 4.78 is 10.8. The Morgan fingerprint density at radius 2 is 1.89 bits per heavy atom. The van der Waals surface area contributed by atoms with E-state index in [9.17, 15) is 9.90 Å². The highest BCUT2D eigenvalue weighted by atomic mass is 16.5. The Labute approximate surface area is 113 Å². The summed E-state index contributed by atoms with van der Waals surface area (Å²) in [4.78, 5) is 11.6. The number of carbonyl (C=O) groups is 1. The van der Waals surface area contributed by atoms with E-state index in [0.29, 0.717) is 18.6 Å². The van der Waals surface area contributed by atoms with E-state index in [4.69, 9.17) is 9.47 Å². The Balaban J connectivity index is 2.58. The van der Waals surface area contributed by atoms with Gasteiger partial charge in [0.15, 0.2) is 0 Å². The number of methoxy groups -OCH3 is 2. The van der Waals surface area contributed by atoms with Gasteiger partial charge in [-0.1, -0.05) is 13.3 Å². The van der Waals surface area contributed by atoms with Crippen LogP contribution in [-0.2, 0) is 16.6 Å². The number of rotatable bonds is 5. The standard InChI is InChI=1S/C15H20O4/c1-4-10-8-13(19-3)11(9-12(10)18-2)15(14(16)17)6-5-7-15/h8-9H,4-7H2,1-3H3,(H,16,17). The topological polar surface area (TPSA) is 55.8 Å². The second-order valence-electron chi connectivity index (χ2n) is 4.96. The first kappa shape index (κ1) is 13.7. The first-order valence-electron chi connectivity index (χ1n) is 6.57. The molecule has 1 aliphatic rings. The number of ether oxygens (including phenoxy) is 2. The van der Waals surface area contributed by atoms with Crippen LogP contribution in [0.2, 0.25) is 0 Å². The molecule has 104 valence electrons. The van der Waals surface area contributed by atoms with Crippen LogP contribution >= 0.6 is 0 Å². The van der Waals surface area contributed by atoms with Crippen molar-refractivity contribution in [3.63, 3.8) is 0 Å². The van der Waals surface area contributed by atoms with Crippen molar-refractivity contribution in [3.8, 4) is 11.5 Å². The number of carboxylic acids is 1. The van der Waals surface area contributed by atoms with Crippen LogP contribution in [0.3, 0.4) is 0 Å². The van der Waals surface area contributed by atoms with E-state index in [1.165, 1.54) is 0 Å². The maximum absolute atomic E-state index is 11.6. The molecule has 4 heteroatoms. The van der Waals surface area contributed by atoms with E-state index in [2.05, 4.69) is 0 Å². The van der Waals surface area contributed by atoms with Gasteiger partial charge in [0.25, 0.3) is 0 Å². The third kappa shape index (κ3) is 2.05. The molecule has 1 saturated carbocycles. The van der Waals surface area contributed by atoms with E-state index >= 15 is 0 Å². The Kier molecular flexibility index (Phi) is 3.69. The second kappa shape index (κ2) is 5.11. The molecule has 2 rings (SSSR count). The number of carboxylic acid groups (broad SMARTS) is 1. The Morgan fingerprint density at radius 3 is 2.26 bits per heavy atom. The van der Waals surface area contributed by atoms with Crippen molar-refractivity contribution >= 4 is 5.97 Å². The van der Waals surface area contributed by atoms with Crippen LogP contribution in [0, 0.1) is 0 Å². The van der Waals surface area contributed by atoms with E-state index in [1.807, 2.05) is 19.1 Å². The van der Waals surface area contributed by atoms with Crippen molar-refractivity contribution in [2.75, 3.05) is 14.2 Å². The van der Waals surface area contributed by atoms with Crippen LogP contribution in [0.1, 0.15) is 37.3 Å². The number of benzene rings is 1. The summed E-state index contributed by atoms with van der Waals surface area (Å²) in [6, 6.07) is 3.74. The van der Waals surface area contributed by atoms with Gasteiger partial charge in [-0.3, -0.25) is 4.79 Å². The van der Waals surface area contributed by atoms with Gasteiger partial charge in [0.1, 0.15) is 11.5 Å². The fraction of sp³-hybridized carbons (Fsp3) is 0.533. The van der Waals surface area contributed by atoms with E-state index in [-0.39, 0.29) is 0 Å². The number of aliphatic carboxylic acids is 1. The maximum atomic E-state index is 11.6. The van der Waals surface area contributed by atoms with Crippen molar-refractivity contribution in [1.29, 1.82) is 0 Å². The van der Waals surface area contributed by atoms with E-state index in [1.54, 1.807) is 14.2 Å². The molecule has 1 N–H and O–H groups in total. The minimum absolute atomic E-state index is 0.653. The lowest BCUT2D eigenvalue weighted by Gasteiger charge is -2.39. The lowest BCUT2D eigenvalue weighted by Crippen LogP contribution is -2.42. The largest absolute Gasteiger partial charge is 0.496 e. The zero-order valence-corrected chi connectivity index (χ0v) is 11.7. The molecular weight excluding hydrogens is 244 g/mol. The normalized spacial score (nSPS) is 16.6. The molecule has 1 aliphatic carbocycles. The molecular formula is C15H20O4. The molecule has 0 amide bonds. The second-order valence-corrected chi connectivity index (χ2v) is 4.96. The van der Waals surface area contributed by atoms with Gasteiger partial charge in [-0.25, -0.2) is 0 Å². The van der Waals surface area contributed by atoms with Crippen molar-refractivity contribution in [1.82, 2.24) is 0 Å². The third-order valence-corrected chi connectivity index (χ3v) is 4.12. The van der Waals surface area contributed by atoms with Crippen LogP contribution in [0.25, 0.3) is 0 Å². The summed E-state index contributed by atoms with van der Waals surface area (Å²) in [5.41, 5.74) is 0.969. The molecule has 0 unspecified atom stereocenters. The lowest BCUT2D eigenvalue weighted by molar-refractivity contribution is -0.147. The molecule has 4 nitrogen and oxygen atoms in total. The van der Waals surface area contributed by atoms with E-state index < -0.39 is 11.4 Å².